The molecule has 0 bridgehead atoms. The highest BCUT2D eigenvalue weighted by Gasteiger charge is 2.29. The van der Waals surface area contributed by atoms with E-state index in [-0.39, 0.29) is 11.9 Å². The lowest BCUT2D eigenvalue weighted by Crippen LogP contribution is -2.54. The summed E-state index contributed by atoms with van der Waals surface area (Å²) in [5, 5.41) is 8.28. The zero-order chi connectivity index (χ0) is 14.1. The molecule has 2 aromatic rings. The van der Waals surface area contributed by atoms with E-state index in [4.69, 9.17) is 4.98 Å². The van der Waals surface area contributed by atoms with E-state index in [9.17, 15) is 4.79 Å². The van der Waals surface area contributed by atoms with E-state index in [2.05, 4.69) is 26.9 Å². The Balaban J connectivity index is 2.00. The van der Waals surface area contributed by atoms with E-state index in [1.165, 1.54) is 0 Å². The minimum absolute atomic E-state index is 0.0713. The SMILES string of the molecule is CCNCc1c(N2CCNC(=O)C2C)nc2sccn12. The topological polar surface area (TPSA) is 61.7 Å². The lowest BCUT2D eigenvalue weighted by Gasteiger charge is -2.33. The smallest absolute Gasteiger partial charge is 0.242 e. The second-order valence-corrected chi connectivity index (χ2v) is 5.75. The van der Waals surface area contributed by atoms with E-state index in [1.54, 1.807) is 11.3 Å². The second-order valence-electron chi connectivity index (χ2n) is 4.88. The molecule has 3 heterocycles. The van der Waals surface area contributed by atoms with Crippen LogP contribution in [0.5, 0.6) is 0 Å². The van der Waals surface area contributed by atoms with Gasteiger partial charge in [-0.1, -0.05) is 6.92 Å². The van der Waals surface area contributed by atoms with Crippen LogP contribution in [-0.4, -0.2) is 41.0 Å². The first-order valence-electron chi connectivity index (χ1n) is 6.92. The van der Waals surface area contributed by atoms with Crippen molar-refractivity contribution < 1.29 is 4.79 Å². The van der Waals surface area contributed by atoms with Crippen molar-refractivity contribution in [3.05, 3.63) is 17.3 Å². The Morgan fingerprint density at radius 1 is 1.60 bits per heavy atom. The first-order valence-corrected chi connectivity index (χ1v) is 7.79. The molecule has 1 fully saturated rings. The number of nitrogens with one attached hydrogen (secondary N) is 2. The van der Waals surface area contributed by atoms with Crippen LogP contribution in [0, 0.1) is 0 Å². The van der Waals surface area contributed by atoms with Crippen molar-refractivity contribution in [3.8, 4) is 0 Å². The number of amides is 1. The average molecular weight is 293 g/mol. The molecule has 3 rings (SSSR count). The van der Waals surface area contributed by atoms with Gasteiger partial charge in [0.25, 0.3) is 0 Å². The Kier molecular flexibility index (Phi) is 3.62. The minimum atomic E-state index is -0.172. The first kappa shape index (κ1) is 13.4. The highest BCUT2D eigenvalue weighted by Crippen LogP contribution is 2.26. The van der Waals surface area contributed by atoms with Crippen molar-refractivity contribution in [1.29, 1.82) is 0 Å². The number of carbonyl (C=O) groups is 1. The van der Waals surface area contributed by atoms with Gasteiger partial charge in [0.1, 0.15) is 6.04 Å². The number of fused-ring (bicyclic) bond motifs is 1. The molecule has 7 heteroatoms. The number of imidazole rings is 1. The molecule has 0 spiro atoms. The van der Waals surface area contributed by atoms with Crippen LogP contribution in [0.25, 0.3) is 4.96 Å². The van der Waals surface area contributed by atoms with Gasteiger partial charge in [0, 0.05) is 31.2 Å². The van der Waals surface area contributed by atoms with Crippen molar-refractivity contribution in [3.63, 3.8) is 0 Å². The van der Waals surface area contributed by atoms with E-state index in [0.29, 0.717) is 6.54 Å². The van der Waals surface area contributed by atoms with E-state index >= 15 is 0 Å². The van der Waals surface area contributed by atoms with Crippen LogP contribution in [0.2, 0.25) is 0 Å². The van der Waals surface area contributed by atoms with E-state index in [0.717, 1.165) is 36.1 Å². The Labute approximate surface area is 121 Å². The van der Waals surface area contributed by atoms with Crippen LogP contribution in [-0.2, 0) is 11.3 Å². The molecule has 6 nitrogen and oxygen atoms in total. The summed E-state index contributed by atoms with van der Waals surface area (Å²) in [6.45, 7) is 7.16. The highest BCUT2D eigenvalue weighted by molar-refractivity contribution is 7.15. The number of nitrogens with zero attached hydrogens (tertiary/aromatic N) is 3. The van der Waals surface area contributed by atoms with Crippen molar-refractivity contribution >= 4 is 28.0 Å². The van der Waals surface area contributed by atoms with Gasteiger partial charge in [-0.05, 0) is 13.5 Å². The number of hydrogen-bond donors (Lipinski definition) is 2. The Morgan fingerprint density at radius 2 is 2.45 bits per heavy atom. The molecule has 0 saturated carbocycles. The summed E-state index contributed by atoms with van der Waals surface area (Å²) in [7, 11) is 0. The predicted molar refractivity (Wildman–Crippen MR) is 80.3 cm³/mol. The third kappa shape index (κ3) is 2.16. The number of thiazole rings is 1. The van der Waals surface area contributed by atoms with Crippen LogP contribution >= 0.6 is 11.3 Å². The summed E-state index contributed by atoms with van der Waals surface area (Å²) in [6, 6.07) is -0.172. The number of hydrogen-bond acceptors (Lipinski definition) is 5. The van der Waals surface area contributed by atoms with Crippen LogP contribution in [0.15, 0.2) is 11.6 Å². The lowest BCUT2D eigenvalue weighted by atomic mass is 10.2. The van der Waals surface area contributed by atoms with Gasteiger partial charge in [0.05, 0.1) is 5.69 Å². The van der Waals surface area contributed by atoms with Crippen LogP contribution in [0.4, 0.5) is 5.82 Å². The summed E-state index contributed by atoms with van der Waals surface area (Å²) in [5.41, 5.74) is 1.13. The van der Waals surface area contributed by atoms with Gasteiger partial charge in [-0.15, -0.1) is 11.3 Å². The van der Waals surface area contributed by atoms with E-state index < -0.39 is 0 Å². The molecule has 1 aliphatic heterocycles. The van der Waals surface area contributed by atoms with Gasteiger partial charge < -0.3 is 15.5 Å². The van der Waals surface area contributed by atoms with Crippen molar-refractivity contribution in [1.82, 2.24) is 20.0 Å². The molecule has 1 aliphatic rings. The third-order valence-corrected chi connectivity index (χ3v) is 4.41. The van der Waals surface area contributed by atoms with Crippen LogP contribution in [0.1, 0.15) is 19.5 Å². The maximum atomic E-state index is 11.9. The summed E-state index contributed by atoms with van der Waals surface area (Å²) < 4.78 is 2.11. The Morgan fingerprint density at radius 3 is 3.25 bits per heavy atom. The maximum Gasteiger partial charge on any atom is 0.242 e. The summed E-state index contributed by atoms with van der Waals surface area (Å²) >= 11 is 1.62. The molecular formula is C13H19N5OS. The molecule has 0 radical (unpaired) electrons. The molecule has 108 valence electrons. The van der Waals surface area contributed by atoms with Gasteiger partial charge in [-0.3, -0.25) is 9.20 Å². The molecule has 1 amide bonds. The fourth-order valence-corrected chi connectivity index (χ4v) is 3.26. The summed E-state index contributed by atoms with van der Waals surface area (Å²) in [5.74, 6) is 1.00. The molecule has 2 aromatic heterocycles. The average Bonchev–Trinajstić information content (AvgIpc) is 3.01. The monoisotopic (exact) mass is 293 g/mol. The van der Waals surface area contributed by atoms with Crippen LogP contribution in [0.3, 0.4) is 0 Å². The van der Waals surface area contributed by atoms with Gasteiger partial charge >= 0.3 is 0 Å². The van der Waals surface area contributed by atoms with Crippen molar-refractivity contribution in [2.75, 3.05) is 24.5 Å². The summed E-state index contributed by atoms with van der Waals surface area (Å²) in [6.07, 6.45) is 2.04. The number of carbonyl (C=O) groups excluding carboxylic acids is 1. The maximum absolute atomic E-state index is 11.9. The minimum Gasteiger partial charge on any atom is -0.353 e. The standard InChI is InChI=1S/C13H19N5OS/c1-3-14-8-10-11(16-13-18(10)6-7-20-13)17-5-4-15-12(19)9(17)2/h6-7,9,14H,3-5,8H2,1-2H3,(H,15,19). The predicted octanol–water partition coefficient (Wildman–Crippen LogP) is 0.830. The van der Waals surface area contributed by atoms with E-state index in [1.807, 2.05) is 18.5 Å². The third-order valence-electron chi connectivity index (χ3n) is 3.65. The number of aromatic nitrogens is 2. The van der Waals surface area contributed by atoms with Gasteiger partial charge in [0.15, 0.2) is 10.8 Å². The molecule has 1 atom stereocenters. The highest BCUT2D eigenvalue weighted by atomic mass is 32.1. The van der Waals surface area contributed by atoms with Gasteiger partial charge in [-0.2, -0.15) is 0 Å². The molecule has 0 aliphatic carbocycles. The molecule has 1 saturated heterocycles. The zero-order valence-electron chi connectivity index (χ0n) is 11.7. The molecule has 20 heavy (non-hydrogen) atoms. The fraction of sp³-hybridized carbons (Fsp3) is 0.538. The zero-order valence-corrected chi connectivity index (χ0v) is 12.5. The first-order chi connectivity index (χ1) is 9.72. The number of piperazine rings is 1. The quantitative estimate of drug-likeness (QED) is 0.876. The number of anilines is 1. The van der Waals surface area contributed by atoms with Gasteiger partial charge in [-0.25, -0.2) is 4.98 Å². The normalized spacial score (nSPS) is 19.6. The summed E-state index contributed by atoms with van der Waals surface area (Å²) in [4.78, 5) is 19.7. The second kappa shape index (κ2) is 5.41. The van der Waals surface area contributed by atoms with Crippen LogP contribution < -0.4 is 15.5 Å². The molecule has 2 N–H and O–H groups in total. The van der Waals surface area contributed by atoms with Gasteiger partial charge in [0.2, 0.25) is 5.91 Å². The largest absolute Gasteiger partial charge is 0.353 e. The Bertz CT molecular complexity index is 619. The fourth-order valence-electron chi connectivity index (χ4n) is 2.53. The number of rotatable bonds is 4. The lowest BCUT2D eigenvalue weighted by molar-refractivity contribution is -0.122. The molecule has 1 unspecified atom stereocenters. The van der Waals surface area contributed by atoms with Crippen molar-refractivity contribution in [2.45, 2.75) is 26.4 Å². The molecular weight excluding hydrogens is 274 g/mol. The molecule has 0 aromatic carbocycles. The Hall–Kier alpha value is -1.60. The van der Waals surface area contributed by atoms with Crippen molar-refractivity contribution in [2.24, 2.45) is 0 Å².